The molecule has 2 rings (SSSR count). The standard InChI is InChI=1S/C12H18F2N2O3/c1-11(2,10(18)19)3-9(17)16-4-7-8(5-16)15-6-12(7,13)14/h7-8,15H,3-6H2,1-2H3,(H,18,19). The van der Waals surface area contributed by atoms with E-state index in [0.29, 0.717) is 0 Å². The molecule has 2 unspecified atom stereocenters. The van der Waals surface area contributed by atoms with E-state index in [-0.39, 0.29) is 38.0 Å². The number of likely N-dealkylation sites (tertiary alicyclic amines) is 1. The third-order valence-electron chi connectivity index (χ3n) is 3.99. The van der Waals surface area contributed by atoms with Crippen molar-refractivity contribution in [2.75, 3.05) is 19.6 Å². The van der Waals surface area contributed by atoms with Crippen LogP contribution in [0, 0.1) is 11.3 Å². The summed E-state index contributed by atoms with van der Waals surface area (Å²) < 4.78 is 27.0. The number of carboxylic acid groups (broad SMARTS) is 1. The average molecular weight is 276 g/mol. The van der Waals surface area contributed by atoms with Gasteiger partial charge in [0.15, 0.2) is 0 Å². The lowest BCUT2D eigenvalue weighted by molar-refractivity contribution is -0.151. The van der Waals surface area contributed by atoms with Crippen molar-refractivity contribution in [3.63, 3.8) is 0 Å². The fourth-order valence-electron chi connectivity index (χ4n) is 2.61. The maximum Gasteiger partial charge on any atom is 0.309 e. The zero-order valence-corrected chi connectivity index (χ0v) is 10.9. The van der Waals surface area contributed by atoms with Crippen molar-refractivity contribution < 1.29 is 23.5 Å². The Balaban J connectivity index is 1.99. The number of amides is 1. The van der Waals surface area contributed by atoms with E-state index in [1.165, 1.54) is 18.7 Å². The molecule has 5 nitrogen and oxygen atoms in total. The summed E-state index contributed by atoms with van der Waals surface area (Å²) in [5.74, 6) is -5.09. The van der Waals surface area contributed by atoms with Gasteiger partial charge in [-0.3, -0.25) is 9.59 Å². The smallest absolute Gasteiger partial charge is 0.309 e. The van der Waals surface area contributed by atoms with E-state index < -0.39 is 23.2 Å². The molecule has 0 saturated carbocycles. The molecule has 2 heterocycles. The lowest BCUT2D eigenvalue weighted by atomic mass is 9.89. The number of halogens is 2. The summed E-state index contributed by atoms with van der Waals surface area (Å²) in [4.78, 5) is 24.3. The Morgan fingerprint density at radius 3 is 2.58 bits per heavy atom. The van der Waals surface area contributed by atoms with Crippen LogP contribution in [-0.4, -0.2) is 53.5 Å². The zero-order chi connectivity index (χ0) is 14.4. The van der Waals surface area contributed by atoms with Crippen LogP contribution in [-0.2, 0) is 9.59 Å². The van der Waals surface area contributed by atoms with Crippen LogP contribution >= 0.6 is 0 Å². The molecule has 2 fully saturated rings. The number of fused-ring (bicyclic) bond motifs is 1. The van der Waals surface area contributed by atoms with Crippen LogP contribution in [0.25, 0.3) is 0 Å². The highest BCUT2D eigenvalue weighted by Crippen LogP contribution is 2.37. The molecular weight excluding hydrogens is 258 g/mol. The van der Waals surface area contributed by atoms with Crippen LogP contribution in [0.5, 0.6) is 0 Å². The molecule has 1 amide bonds. The van der Waals surface area contributed by atoms with Gasteiger partial charge in [-0.25, -0.2) is 8.78 Å². The Hall–Kier alpha value is -1.24. The minimum atomic E-state index is -2.79. The van der Waals surface area contributed by atoms with Crippen molar-refractivity contribution in [1.82, 2.24) is 10.2 Å². The first-order valence-corrected chi connectivity index (χ1v) is 6.26. The van der Waals surface area contributed by atoms with E-state index >= 15 is 0 Å². The third kappa shape index (κ3) is 2.56. The number of rotatable bonds is 3. The number of carbonyl (C=O) groups is 2. The van der Waals surface area contributed by atoms with Crippen molar-refractivity contribution in [2.45, 2.75) is 32.2 Å². The van der Waals surface area contributed by atoms with Crippen molar-refractivity contribution in [1.29, 1.82) is 0 Å². The Morgan fingerprint density at radius 2 is 2.05 bits per heavy atom. The van der Waals surface area contributed by atoms with Gasteiger partial charge >= 0.3 is 5.97 Å². The van der Waals surface area contributed by atoms with Gasteiger partial charge in [-0.2, -0.15) is 0 Å². The zero-order valence-electron chi connectivity index (χ0n) is 10.9. The Kier molecular flexibility index (Phi) is 3.28. The van der Waals surface area contributed by atoms with Gasteiger partial charge in [0, 0.05) is 25.6 Å². The summed E-state index contributed by atoms with van der Waals surface area (Å²) in [5.41, 5.74) is -1.18. The molecule has 0 aromatic heterocycles. The molecule has 0 aliphatic carbocycles. The molecule has 2 aliphatic heterocycles. The minimum Gasteiger partial charge on any atom is -0.481 e. The first-order valence-electron chi connectivity index (χ1n) is 6.26. The summed E-state index contributed by atoms with van der Waals surface area (Å²) in [5, 5.41) is 11.7. The van der Waals surface area contributed by atoms with Gasteiger partial charge in [0.2, 0.25) is 5.91 Å². The number of hydrogen-bond acceptors (Lipinski definition) is 3. The summed E-state index contributed by atoms with van der Waals surface area (Å²) in [6, 6.07) is -0.383. The largest absolute Gasteiger partial charge is 0.481 e. The molecule has 7 heteroatoms. The van der Waals surface area contributed by atoms with Gasteiger partial charge in [-0.1, -0.05) is 0 Å². The van der Waals surface area contributed by atoms with Gasteiger partial charge in [0.25, 0.3) is 5.92 Å². The highest BCUT2D eigenvalue weighted by Gasteiger charge is 2.55. The van der Waals surface area contributed by atoms with E-state index in [2.05, 4.69) is 5.32 Å². The van der Waals surface area contributed by atoms with Crippen LogP contribution in [0.2, 0.25) is 0 Å². The summed E-state index contributed by atoms with van der Waals surface area (Å²) in [7, 11) is 0. The average Bonchev–Trinajstić information content (AvgIpc) is 2.79. The fraction of sp³-hybridized carbons (Fsp3) is 0.833. The van der Waals surface area contributed by atoms with E-state index in [9.17, 15) is 18.4 Å². The quantitative estimate of drug-likeness (QED) is 0.790. The minimum absolute atomic E-state index is 0.000795. The third-order valence-corrected chi connectivity index (χ3v) is 3.99. The van der Waals surface area contributed by atoms with Gasteiger partial charge in [-0.05, 0) is 13.8 Å². The van der Waals surface area contributed by atoms with Gasteiger partial charge in [-0.15, -0.1) is 0 Å². The normalized spacial score (nSPS) is 29.4. The number of aliphatic carboxylic acids is 1. The first kappa shape index (κ1) is 14.2. The molecule has 2 N–H and O–H groups in total. The molecular formula is C12H18F2N2O3. The van der Waals surface area contributed by atoms with Crippen molar-refractivity contribution in [2.24, 2.45) is 11.3 Å². The monoisotopic (exact) mass is 276 g/mol. The van der Waals surface area contributed by atoms with Gasteiger partial charge < -0.3 is 15.3 Å². The Labute approximate surface area is 109 Å². The van der Waals surface area contributed by atoms with Crippen molar-refractivity contribution in [3.05, 3.63) is 0 Å². The molecule has 0 bridgehead atoms. The van der Waals surface area contributed by atoms with Crippen LogP contribution in [0.15, 0.2) is 0 Å². The highest BCUT2D eigenvalue weighted by molar-refractivity contribution is 5.84. The summed E-state index contributed by atoms with van der Waals surface area (Å²) in [6.07, 6.45) is -0.173. The van der Waals surface area contributed by atoms with E-state index in [4.69, 9.17) is 5.11 Å². The fourth-order valence-corrected chi connectivity index (χ4v) is 2.61. The Morgan fingerprint density at radius 1 is 1.42 bits per heavy atom. The number of carbonyl (C=O) groups excluding carboxylic acids is 1. The number of nitrogens with one attached hydrogen (secondary N) is 1. The van der Waals surface area contributed by atoms with Crippen LogP contribution in [0.4, 0.5) is 8.78 Å². The molecule has 19 heavy (non-hydrogen) atoms. The second kappa shape index (κ2) is 4.40. The number of hydrogen-bond donors (Lipinski definition) is 2. The van der Waals surface area contributed by atoms with Crippen molar-refractivity contribution >= 4 is 11.9 Å². The maximum atomic E-state index is 13.5. The first-order chi connectivity index (χ1) is 8.63. The molecule has 2 atom stereocenters. The number of nitrogens with zero attached hydrogens (tertiary/aromatic N) is 1. The topological polar surface area (TPSA) is 69.6 Å². The summed E-state index contributed by atoms with van der Waals surface area (Å²) >= 11 is 0. The second-order valence-corrected chi connectivity index (χ2v) is 6.02. The van der Waals surface area contributed by atoms with Crippen LogP contribution in [0.3, 0.4) is 0 Å². The number of alkyl halides is 2. The lowest BCUT2D eigenvalue weighted by Crippen LogP contribution is -2.39. The predicted octanol–water partition coefficient (Wildman–Crippen LogP) is 0.553. The van der Waals surface area contributed by atoms with Crippen LogP contribution in [0.1, 0.15) is 20.3 Å². The van der Waals surface area contributed by atoms with E-state index in [0.717, 1.165) is 0 Å². The number of carboxylic acids is 1. The molecule has 108 valence electrons. The van der Waals surface area contributed by atoms with Crippen LogP contribution < -0.4 is 5.32 Å². The van der Waals surface area contributed by atoms with E-state index in [1.54, 1.807) is 0 Å². The summed E-state index contributed by atoms with van der Waals surface area (Å²) in [6.45, 7) is 2.80. The lowest BCUT2D eigenvalue weighted by Gasteiger charge is -2.24. The predicted molar refractivity (Wildman–Crippen MR) is 62.8 cm³/mol. The second-order valence-electron chi connectivity index (χ2n) is 6.02. The molecule has 0 spiro atoms. The molecule has 2 saturated heterocycles. The van der Waals surface area contributed by atoms with E-state index in [1.807, 2.05) is 0 Å². The van der Waals surface area contributed by atoms with Gasteiger partial charge in [0.1, 0.15) is 0 Å². The molecule has 0 radical (unpaired) electrons. The maximum absolute atomic E-state index is 13.5. The Bertz CT molecular complexity index is 412. The highest BCUT2D eigenvalue weighted by atomic mass is 19.3. The van der Waals surface area contributed by atoms with Crippen molar-refractivity contribution in [3.8, 4) is 0 Å². The molecule has 0 aromatic carbocycles. The SMILES string of the molecule is CC(C)(CC(=O)N1CC2NCC(F)(F)C2C1)C(=O)O. The molecule has 0 aromatic rings. The molecule has 2 aliphatic rings. The van der Waals surface area contributed by atoms with Gasteiger partial charge in [0.05, 0.1) is 17.9 Å².